The van der Waals surface area contributed by atoms with Crippen molar-refractivity contribution >= 4 is 23.4 Å². The highest BCUT2D eigenvalue weighted by Gasteiger charge is 2.07. The predicted molar refractivity (Wildman–Crippen MR) is 86.6 cm³/mol. The van der Waals surface area contributed by atoms with Gasteiger partial charge in [0.1, 0.15) is 0 Å². The molecule has 3 aromatic rings. The van der Waals surface area contributed by atoms with Gasteiger partial charge in [-0.25, -0.2) is 4.80 Å². The number of thioether (sulfide) groups is 1. The zero-order valence-electron chi connectivity index (χ0n) is 12.0. The van der Waals surface area contributed by atoms with E-state index >= 15 is 0 Å². The number of H-pyrrole nitrogens is 1. The first-order chi connectivity index (χ1) is 10.7. The van der Waals surface area contributed by atoms with Crippen LogP contribution >= 0.6 is 11.8 Å². The summed E-state index contributed by atoms with van der Waals surface area (Å²) in [5.74, 6) is 0.270. The normalized spacial score (nSPS) is 10.6. The Morgan fingerprint density at radius 2 is 1.82 bits per heavy atom. The summed E-state index contributed by atoms with van der Waals surface area (Å²) < 4.78 is 0. The van der Waals surface area contributed by atoms with Crippen molar-refractivity contribution in [2.45, 2.75) is 5.16 Å². The molecule has 0 aliphatic carbocycles. The Kier molecular flexibility index (Phi) is 4.24. The minimum Gasteiger partial charge on any atom is -0.325 e. The van der Waals surface area contributed by atoms with E-state index in [2.05, 4.69) is 20.5 Å². The summed E-state index contributed by atoms with van der Waals surface area (Å²) in [6.45, 7) is 0. The molecule has 0 bridgehead atoms. The first kappa shape index (κ1) is 14.4. The number of hydrogen-bond acceptors (Lipinski definition) is 4. The largest absolute Gasteiger partial charge is 0.325 e. The second-order valence-electron chi connectivity index (χ2n) is 4.69. The van der Waals surface area contributed by atoms with Crippen LogP contribution in [0.4, 0.5) is 5.69 Å². The number of aromatic amines is 1. The summed E-state index contributed by atoms with van der Waals surface area (Å²) >= 11 is 1.37. The molecule has 2 aromatic heterocycles. The predicted octanol–water partition coefficient (Wildman–Crippen LogP) is 2.54. The Morgan fingerprint density at radius 3 is 2.45 bits per heavy atom. The van der Waals surface area contributed by atoms with Crippen LogP contribution in [0.1, 0.15) is 0 Å². The maximum atomic E-state index is 11.9. The van der Waals surface area contributed by atoms with Gasteiger partial charge in [-0.15, -0.1) is 5.10 Å². The Labute approximate surface area is 131 Å². The topological polar surface area (TPSA) is 75.6 Å². The molecule has 0 atom stereocenters. The molecule has 7 heteroatoms. The molecule has 22 heavy (non-hydrogen) atoms. The van der Waals surface area contributed by atoms with Gasteiger partial charge in [-0.05, 0) is 35.4 Å². The fourth-order valence-electron chi connectivity index (χ4n) is 1.96. The highest BCUT2D eigenvalue weighted by atomic mass is 32.2. The van der Waals surface area contributed by atoms with Crippen LogP contribution < -0.4 is 5.32 Å². The lowest BCUT2D eigenvalue weighted by Crippen LogP contribution is -2.17. The van der Waals surface area contributed by atoms with E-state index < -0.39 is 0 Å². The van der Waals surface area contributed by atoms with Gasteiger partial charge in [0.15, 0.2) is 0 Å². The number of nitrogens with zero attached hydrogens (tertiary/aromatic N) is 3. The zero-order valence-corrected chi connectivity index (χ0v) is 12.8. The minimum absolute atomic E-state index is 0.0549. The first-order valence-corrected chi connectivity index (χ1v) is 7.71. The third-order valence-corrected chi connectivity index (χ3v) is 3.87. The van der Waals surface area contributed by atoms with E-state index in [1.165, 1.54) is 11.8 Å². The standard InChI is InChI=1S/C15H15N5OS/c1-20-18-15(19-20)22-10-14(21)17-13-4-2-11(3-5-13)12-6-8-16-9-7-12/h2-9H,10H2,1H3,(H,17,21)(H,18,19). The van der Waals surface area contributed by atoms with Crippen molar-refractivity contribution in [3.05, 3.63) is 48.8 Å². The number of nitrogens with one attached hydrogen (secondary N) is 2. The van der Waals surface area contributed by atoms with Gasteiger partial charge in [0.05, 0.1) is 5.75 Å². The molecule has 2 heterocycles. The Hall–Kier alpha value is -2.54. The lowest BCUT2D eigenvalue weighted by atomic mass is 10.1. The van der Waals surface area contributed by atoms with E-state index in [1.807, 2.05) is 36.4 Å². The van der Waals surface area contributed by atoms with Crippen LogP contribution in [0, 0.1) is 0 Å². The van der Waals surface area contributed by atoms with Crippen LogP contribution in [0.25, 0.3) is 11.1 Å². The molecule has 1 amide bonds. The van der Waals surface area contributed by atoms with Gasteiger partial charge >= 0.3 is 0 Å². The van der Waals surface area contributed by atoms with Crippen molar-refractivity contribution in [1.29, 1.82) is 0 Å². The molecule has 2 N–H and O–H groups in total. The number of hydrogen-bond donors (Lipinski definition) is 2. The molecular weight excluding hydrogens is 298 g/mol. The Balaban J connectivity index is 1.56. The van der Waals surface area contributed by atoms with Gasteiger partial charge in [-0.3, -0.25) is 14.9 Å². The summed E-state index contributed by atoms with van der Waals surface area (Å²) in [7, 11) is 1.80. The first-order valence-electron chi connectivity index (χ1n) is 6.73. The summed E-state index contributed by atoms with van der Waals surface area (Å²) in [6, 6.07) is 11.6. The third-order valence-electron chi connectivity index (χ3n) is 3.02. The lowest BCUT2D eigenvalue weighted by molar-refractivity contribution is -0.113. The lowest BCUT2D eigenvalue weighted by Gasteiger charge is -2.09. The molecule has 0 fully saturated rings. The number of carbonyl (C=O) groups excluding carboxylic acids is 1. The number of benzene rings is 1. The second-order valence-corrected chi connectivity index (χ2v) is 5.65. The van der Waals surface area contributed by atoms with Crippen LogP contribution in [-0.2, 0) is 11.8 Å². The average Bonchev–Trinajstić information content (AvgIpc) is 2.52. The minimum atomic E-state index is -0.0549. The second kappa shape index (κ2) is 6.48. The summed E-state index contributed by atoms with van der Waals surface area (Å²) in [6.07, 6.45) is 3.52. The molecule has 0 radical (unpaired) electrons. The van der Waals surface area contributed by atoms with Gasteiger partial charge in [0, 0.05) is 25.1 Å². The van der Waals surface area contributed by atoms with E-state index in [1.54, 1.807) is 24.2 Å². The van der Waals surface area contributed by atoms with Crippen molar-refractivity contribution in [3.63, 3.8) is 0 Å². The van der Waals surface area contributed by atoms with Gasteiger partial charge in [0.2, 0.25) is 11.1 Å². The van der Waals surface area contributed by atoms with E-state index in [4.69, 9.17) is 0 Å². The van der Waals surface area contributed by atoms with E-state index in [0.717, 1.165) is 22.0 Å². The number of rotatable bonds is 5. The van der Waals surface area contributed by atoms with Gasteiger partial charge < -0.3 is 5.32 Å². The number of anilines is 1. The van der Waals surface area contributed by atoms with Crippen molar-refractivity contribution < 1.29 is 4.79 Å². The average molecular weight is 313 g/mol. The fourth-order valence-corrected chi connectivity index (χ4v) is 2.68. The molecule has 0 spiro atoms. The van der Waals surface area contributed by atoms with Crippen molar-refractivity contribution in [1.82, 2.24) is 20.0 Å². The molecule has 1 aromatic carbocycles. The Morgan fingerprint density at radius 1 is 1.18 bits per heavy atom. The van der Waals surface area contributed by atoms with E-state index in [-0.39, 0.29) is 5.91 Å². The number of carbonyl (C=O) groups is 1. The fraction of sp³-hybridized carbons (Fsp3) is 0.133. The maximum absolute atomic E-state index is 11.9. The van der Waals surface area contributed by atoms with Crippen LogP contribution in [0.3, 0.4) is 0 Å². The number of amides is 1. The number of aryl methyl sites for hydroxylation is 1. The molecule has 0 aliphatic rings. The zero-order chi connectivity index (χ0) is 15.4. The summed E-state index contributed by atoms with van der Waals surface area (Å²) in [4.78, 5) is 17.5. The molecule has 0 saturated heterocycles. The van der Waals surface area contributed by atoms with Gasteiger partial charge in [-0.1, -0.05) is 23.9 Å². The van der Waals surface area contributed by atoms with E-state index in [9.17, 15) is 4.79 Å². The van der Waals surface area contributed by atoms with Crippen LogP contribution in [0.5, 0.6) is 0 Å². The van der Waals surface area contributed by atoms with Crippen molar-refractivity contribution in [2.75, 3.05) is 11.1 Å². The maximum Gasteiger partial charge on any atom is 0.234 e. The molecule has 0 unspecified atom stereocenters. The van der Waals surface area contributed by atoms with Crippen LogP contribution in [0.2, 0.25) is 0 Å². The number of aromatic nitrogens is 4. The molecule has 6 nitrogen and oxygen atoms in total. The SMILES string of the molecule is Cn1nc(SCC(=O)Nc2ccc(-c3ccncc3)cc2)[nH]1. The van der Waals surface area contributed by atoms with Gasteiger partial charge in [-0.2, -0.15) is 0 Å². The molecule has 3 rings (SSSR count). The summed E-state index contributed by atoms with van der Waals surface area (Å²) in [5, 5.41) is 10.6. The molecule has 112 valence electrons. The molecule has 0 saturated carbocycles. The molecule has 0 aliphatic heterocycles. The molecular formula is C15H15N5OS. The highest BCUT2D eigenvalue weighted by Crippen LogP contribution is 2.21. The van der Waals surface area contributed by atoms with E-state index in [0.29, 0.717) is 5.75 Å². The van der Waals surface area contributed by atoms with Gasteiger partial charge in [0.25, 0.3) is 0 Å². The highest BCUT2D eigenvalue weighted by molar-refractivity contribution is 7.99. The van der Waals surface area contributed by atoms with Crippen molar-refractivity contribution in [2.24, 2.45) is 7.05 Å². The number of pyridine rings is 1. The summed E-state index contributed by atoms with van der Waals surface area (Å²) in [5.41, 5.74) is 2.97. The smallest absolute Gasteiger partial charge is 0.234 e. The monoisotopic (exact) mass is 313 g/mol. The quantitative estimate of drug-likeness (QED) is 0.710. The van der Waals surface area contributed by atoms with Crippen LogP contribution in [-0.4, -0.2) is 31.6 Å². The Bertz CT molecular complexity index is 736. The van der Waals surface area contributed by atoms with Crippen molar-refractivity contribution in [3.8, 4) is 11.1 Å². The third kappa shape index (κ3) is 3.56. The van der Waals surface area contributed by atoms with Crippen LogP contribution in [0.15, 0.2) is 53.9 Å².